The number of hydrogen-bond acceptors (Lipinski definition) is 1. The van der Waals surface area contributed by atoms with Crippen molar-refractivity contribution in [2.24, 2.45) is 5.73 Å². The van der Waals surface area contributed by atoms with Crippen molar-refractivity contribution in [3.8, 4) is 0 Å². The van der Waals surface area contributed by atoms with Gasteiger partial charge in [0.15, 0.2) is 0 Å². The van der Waals surface area contributed by atoms with Gasteiger partial charge >= 0.3 is 0 Å². The van der Waals surface area contributed by atoms with Gasteiger partial charge in [-0.05, 0) is 41.7 Å². The molecule has 1 aromatic rings. The topological polar surface area (TPSA) is 26.0 Å². The Hall–Kier alpha value is -0.600. The van der Waals surface area contributed by atoms with Crippen molar-refractivity contribution in [3.63, 3.8) is 0 Å². The van der Waals surface area contributed by atoms with Gasteiger partial charge in [-0.25, -0.2) is 0 Å². The Morgan fingerprint density at radius 3 is 2.92 bits per heavy atom. The Labute approximate surface area is 86.8 Å². The van der Waals surface area contributed by atoms with E-state index in [9.17, 15) is 0 Å². The summed E-state index contributed by atoms with van der Waals surface area (Å²) >= 11 is 3.54. The number of hydrogen-bond donors (Lipinski definition) is 1. The summed E-state index contributed by atoms with van der Waals surface area (Å²) in [5, 5.41) is 0. The molecule has 2 N–H and O–H groups in total. The Balaban J connectivity index is 2.54. The lowest BCUT2D eigenvalue weighted by atomic mass is 10.0. The lowest BCUT2D eigenvalue weighted by molar-refractivity contribution is 1.26. The van der Waals surface area contributed by atoms with Crippen LogP contribution in [-0.2, 0) is 6.42 Å². The minimum Gasteiger partial charge on any atom is -0.326 e. The maximum Gasteiger partial charge on any atom is 0.0210 e. The number of aryl methyl sites for hydroxylation is 1. The Morgan fingerprint density at radius 1 is 1.46 bits per heavy atom. The van der Waals surface area contributed by atoms with Crippen LogP contribution in [0.3, 0.4) is 0 Å². The van der Waals surface area contributed by atoms with Gasteiger partial charge in [-0.1, -0.05) is 28.1 Å². The van der Waals surface area contributed by atoms with E-state index in [1.807, 2.05) is 0 Å². The first-order chi connectivity index (χ1) is 6.22. The van der Waals surface area contributed by atoms with Crippen LogP contribution in [0.4, 0.5) is 0 Å². The zero-order valence-electron chi connectivity index (χ0n) is 7.60. The molecule has 1 aliphatic rings. The average Bonchev–Trinajstić information content (AvgIpc) is 2.48. The quantitative estimate of drug-likeness (QED) is 0.799. The molecule has 0 atom stereocenters. The largest absolute Gasteiger partial charge is 0.326 e. The van der Waals surface area contributed by atoms with E-state index in [1.54, 1.807) is 0 Å². The average molecular weight is 238 g/mol. The highest BCUT2D eigenvalue weighted by Gasteiger charge is 2.13. The van der Waals surface area contributed by atoms with Crippen molar-refractivity contribution >= 4 is 21.5 Å². The molecule has 0 radical (unpaired) electrons. The molecule has 1 nitrogen and oxygen atoms in total. The molecule has 0 unspecified atom stereocenters. The van der Waals surface area contributed by atoms with Crippen LogP contribution in [-0.4, -0.2) is 6.54 Å². The van der Waals surface area contributed by atoms with E-state index in [4.69, 9.17) is 5.73 Å². The van der Waals surface area contributed by atoms with Crippen LogP contribution in [0.2, 0.25) is 0 Å². The van der Waals surface area contributed by atoms with Gasteiger partial charge in [-0.3, -0.25) is 0 Å². The second kappa shape index (κ2) is 3.28. The fourth-order valence-electron chi connectivity index (χ4n) is 1.75. The molecule has 0 aliphatic heterocycles. The summed E-state index contributed by atoms with van der Waals surface area (Å²) in [4.78, 5) is 0. The summed E-state index contributed by atoms with van der Waals surface area (Å²) in [6, 6.07) is 4.41. The predicted molar refractivity (Wildman–Crippen MR) is 59.6 cm³/mol. The third-order valence-electron chi connectivity index (χ3n) is 2.52. The van der Waals surface area contributed by atoms with Crippen LogP contribution in [0.25, 0.3) is 5.57 Å². The molecule has 0 bridgehead atoms. The van der Waals surface area contributed by atoms with Crippen molar-refractivity contribution in [3.05, 3.63) is 39.4 Å². The Bertz CT molecular complexity index is 380. The van der Waals surface area contributed by atoms with Crippen LogP contribution in [0.1, 0.15) is 16.7 Å². The van der Waals surface area contributed by atoms with E-state index >= 15 is 0 Å². The molecule has 0 heterocycles. The molecule has 1 aromatic carbocycles. The molecule has 68 valence electrons. The zero-order valence-corrected chi connectivity index (χ0v) is 9.19. The van der Waals surface area contributed by atoms with Gasteiger partial charge in [0.1, 0.15) is 0 Å². The molecule has 0 amide bonds. The summed E-state index contributed by atoms with van der Waals surface area (Å²) in [5.74, 6) is 0. The van der Waals surface area contributed by atoms with Gasteiger partial charge in [0.25, 0.3) is 0 Å². The number of allylic oxidation sites excluding steroid dienone is 1. The standard InChI is InChI=1S/C11H12BrN/c1-7-4-8-2-3-9(6-13)10(8)5-11(7)12/h3-5H,2,6,13H2,1H3. The zero-order chi connectivity index (χ0) is 9.42. The van der Waals surface area contributed by atoms with Gasteiger partial charge in [0, 0.05) is 11.0 Å². The van der Waals surface area contributed by atoms with E-state index in [-0.39, 0.29) is 0 Å². The molecular formula is C11H12BrN. The lowest BCUT2D eigenvalue weighted by Crippen LogP contribution is -2.00. The highest BCUT2D eigenvalue weighted by Crippen LogP contribution is 2.31. The molecule has 0 aromatic heterocycles. The molecule has 0 saturated heterocycles. The first kappa shape index (κ1) is 8.97. The Morgan fingerprint density at radius 2 is 2.23 bits per heavy atom. The monoisotopic (exact) mass is 237 g/mol. The van der Waals surface area contributed by atoms with E-state index in [1.165, 1.54) is 26.7 Å². The van der Waals surface area contributed by atoms with Crippen LogP contribution in [0.15, 0.2) is 22.7 Å². The highest BCUT2D eigenvalue weighted by atomic mass is 79.9. The second-order valence-corrected chi connectivity index (χ2v) is 4.25. The second-order valence-electron chi connectivity index (χ2n) is 3.40. The maximum atomic E-state index is 5.65. The van der Waals surface area contributed by atoms with Crippen LogP contribution in [0.5, 0.6) is 0 Å². The van der Waals surface area contributed by atoms with Crippen molar-refractivity contribution in [1.82, 2.24) is 0 Å². The molecule has 0 spiro atoms. The van der Waals surface area contributed by atoms with Gasteiger partial charge in [-0.2, -0.15) is 0 Å². The smallest absolute Gasteiger partial charge is 0.0210 e. The summed E-state index contributed by atoms with van der Waals surface area (Å²) in [6.07, 6.45) is 3.26. The summed E-state index contributed by atoms with van der Waals surface area (Å²) in [5.41, 5.74) is 10.9. The van der Waals surface area contributed by atoms with Crippen LogP contribution >= 0.6 is 15.9 Å². The SMILES string of the molecule is Cc1cc2c(cc1Br)C(CN)=CC2. The van der Waals surface area contributed by atoms with E-state index in [2.05, 4.69) is 41.1 Å². The number of rotatable bonds is 1. The predicted octanol–water partition coefficient (Wildman–Crippen LogP) is 2.66. The van der Waals surface area contributed by atoms with Crippen LogP contribution < -0.4 is 5.73 Å². The van der Waals surface area contributed by atoms with Gasteiger partial charge in [-0.15, -0.1) is 0 Å². The van der Waals surface area contributed by atoms with Gasteiger partial charge < -0.3 is 5.73 Å². The van der Waals surface area contributed by atoms with Crippen molar-refractivity contribution in [2.45, 2.75) is 13.3 Å². The number of fused-ring (bicyclic) bond motifs is 1. The van der Waals surface area contributed by atoms with Crippen molar-refractivity contribution in [1.29, 1.82) is 0 Å². The first-order valence-electron chi connectivity index (χ1n) is 4.41. The van der Waals surface area contributed by atoms with Crippen LogP contribution in [0, 0.1) is 6.92 Å². The summed E-state index contributed by atoms with van der Waals surface area (Å²) in [7, 11) is 0. The fraction of sp³-hybridized carbons (Fsp3) is 0.273. The van der Waals surface area contributed by atoms with E-state index < -0.39 is 0 Å². The minimum absolute atomic E-state index is 0.641. The lowest BCUT2D eigenvalue weighted by Gasteiger charge is -2.06. The molecule has 0 fully saturated rings. The van der Waals surface area contributed by atoms with E-state index in [0.29, 0.717) is 6.54 Å². The molecular weight excluding hydrogens is 226 g/mol. The normalized spacial score (nSPS) is 14.2. The summed E-state index contributed by atoms with van der Waals surface area (Å²) < 4.78 is 1.17. The summed E-state index contributed by atoms with van der Waals surface area (Å²) in [6.45, 7) is 2.76. The highest BCUT2D eigenvalue weighted by molar-refractivity contribution is 9.10. The molecule has 2 heteroatoms. The third-order valence-corrected chi connectivity index (χ3v) is 3.37. The van der Waals surface area contributed by atoms with Gasteiger partial charge in [0.2, 0.25) is 0 Å². The van der Waals surface area contributed by atoms with E-state index in [0.717, 1.165) is 6.42 Å². The molecule has 2 rings (SSSR count). The van der Waals surface area contributed by atoms with Crippen molar-refractivity contribution < 1.29 is 0 Å². The number of nitrogens with two attached hydrogens (primary N) is 1. The molecule has 0 saturated carbocycles. The minimum atomic E-state index is 0.641. The first-order valence-corrected chi connectivity index (χ1v) is 5.20. The van der Waals surface area contributed by atoms with Gasteiger partial charge in [0.05, 0.1) is 0 Å². The third kappa shape index (κ3) is 1.45. The number of halogens is 1. The Kier molecular flexibility index (Phi) is 2.26. The fourth-order valence-corrected chi connectivity index (χ4v) is 2.09. The number of benzene rings is 1. The maximum absolute atomic E-state index is 5.65. The molecule has 13 heavy (non-hydrogen) atoms. The molecule has 1 aliphatic carbocycles. The van der Waals surface area contributed by atoms with Crippen molar-refractivity contribution in [2.75, 3.05) is 6.54 Å².